The lowest BCUT2D eigenvalue weighted by molar-refractivity contribution is -0.136. The molecule has 0 aliphatic carbocycles. The lowest BCUT2D eigenvalue weighted by atomic mass is 10.1. The van der Waals surface area contributed by atoms with E-state index in [1.807, 2.05) is 0 Å². The fourth-order valence-corrected chi connectivity index (χ4v) is 1.07. The van der Waals surface area contributed by atoms with E-state index in [1.165, 1.54) is 6.92 Å². The number of rotatable bonds is 3. The van der Waals surface area contributed by atoms with Gasteiger partial charge in [0, 0.05) is 12.5 Å². The molecule has 4 nitrogen and oxygen atoms in total. The highest BCUT2D eigenvalue weighted by molar-refractivity contribution is 5.73. The van der Waals surface area contributed by atoms with E-state index >= 15 is 0 Å². The molecule has 1 aromatic carbocycles. The van der Waals surface area contributed by atoms with Crippen LogP contribution < -0.4 is 4.74 Å². The maximum Gasteiger partial charge on any atom is 0.308 e. The molecule has 0 bridgehead atoms. The molecule has 0 atom stereocenters. The molecule has 0 aliphatic rings. The number of para-hydroxylation sites is 1. The lowest BCUT2D eigenvalue weighted by Gasteiger charge is -2.05. The lowest BCUT2D eigenvalue weighted by Crippen LogP contribution is -2.07. The van der Waals surface area contributed by atoms with Crippen LogP contribution in [0, 0.1) is 0 Å². The zero-order chi connectivity index (χ0) is 10.6. The first kappa shape index (κ1) is 10.2. The number of carbonyl (C=O) groups excluding carboxylic acids is 1. The van der Waals surface area contributed by atoms with Crippen LogP contribution in [0.15, 0.2) is 24.3 Å². The molecule has 0 unspecified atom stereocenters. The second kappa shape index (κ2) is 4.41. The first-order chi connectivity index (χ1) is 6.59. The SMILES string of the molecule is CC(=O)Oc1ccccc1CC(=O)O. The van der Waals surface area contributed by atoms with E-state index in [4.69, 9.17) is 9.84 Å². The predicted octanol–water partition coefficient (Wildman–Crippen LogP) is 1.24. The number of benzene rings is 1. The van der Waals surface area contributed by atoms with Crippen LogP contribution >= 0.6 is 0 Å². The van der Waals surface area contributed by atoms with Crippen LogP contribution in [-0.4, -0.2) is 17.0 Å². The fourth-order valence-electron chi connectivity index (χ4n) is 1.07. The Bertz CT molecular complexity index is 322. The smallest absolute Gasteiger partial charge is 0.308 e. The maximum atomic E-state index is 10.7. The highest BCUT2D eigenvalue weighted by Crippen LogP contribution is 2.18. The minimum Gasteiger partial charge on any atom is -0.481 e. The van der Waals surface area contributed by atoms with Crippen LogP contribution in [0.25, 0.3) is 0 Å². The molecule has 0 radical (unpaired) electrons. The summed E-state index contributed by atoms with van der Waals surface area (Å²) in [5.41, 5.74) is 0.496. The number of aliphatic carboxylic acids is 1. The van der Waals surface area contributed by atoms with Gasteiger partial charge in [0.05, 0.1) is 6.42 Å². The van der Waals surface area contributed by atoms with Crippen molar-refractivity contribution in [1.29, 1.82) is 0 Å². The molecule has 1 aromatic rings. The van der Waals surface area contributed by atoms with Crippen molar-refractivity contribution in [3.63, 3.8) is 0 Å². The largest absolute Gasteiger partial charge is 0.481 e. The number of carboxylic acids is 1. The van der Waals surface area contributed by atoms with Gasteiger partial charge in [0.2, 0.25) is 0 Å². The Morgan fingerprint density at radius 3 is 2.57 bits per heavy atom. The molecule has 1 rings (SSSR count). The van der Waals surface area contributed by atoms with Gasteiger partial charge in [-0.05, 0) is 6.07 Å². The summed E-state index contributed by atoms with van der Waals surface area (Å²) in [6.07, 6.45) is -0.149. The van der Waals surface area contributed by atoms with Crippen molar-refractivity contribution in [1.82, 2.24) is 0 Å². The predicted molar refractivity (Wildman–Crippen MR) is 49.1 cm³/mol. The third kappa shape index (κ3) is 2.90. The van der Waals surface area contributed by atoms with Gasteiger partial charge in [0.25, 0.3) is 0 Å². The van der Waals surface area contributed by atoms with Crippen LogP contribution in [-0.2, 0) is 16.0 Å². The third-order valence-corrected chi connectivity index (χ3v) is 1.57. The monoisotopic (exact) mass is 194 g/mol. The van der Waals surface area contributed by atoms with Crippen molar-refractivity contribution in [3.8, 4) is 5.75 Å². The number of hydrogen-bond donors (Lipinski definition) is 1. The molecular formula is C10H10O4. The van der Waals surface area contributed by atoms with E-state index in [9.17, 15) is 9.59 Å². The zero-order valence-electron chi connectivity index (χ0n) is 7.69. The van der Waals surface area contributed by atoms with Crippen molar-refractivity contribution in [2.45, 2.75) is 13.3 Å². The summed E-state index contributed by atoms with van der Waals surface area (Å²) in [7, 11) is 0. The average Bonchev–Trinajstić information content (AvgIpc) is 2.06. The third-order valence-electron chi connectivity index (χ3n) is 1.57. The molecule has 0 spiro atoms. The maximum absolute atomic E-state index is 10.7. The van der Waals surface area contributed by atoms with Crippen molar-refractivity contribution in [2.24, 2.45) is 0 Å². The highest BCUT2D eigenvalue weighted by Gasteiger charge is 2.08. The Hall–Kier alpha value is -1.84. The van der Waals surface area contributed by atoms with Gasteiger partial charge in [0.1, 0.15) is 5.75 Å². The number of carbonyl (C=O) groups is 2. The van der Waals surface area contributed by atoms with E-state index in [-0.39, 0.29) is 6.42 Å². The van der Waals surface area contributed by atoms with Crippen molar-refractivity contribution in [3.05, 3.63) is 29.8 Å². The van der Waals surface area contributed by atoms with Gasteiger partial charge in [0.15, 0.2) is 0 Å². The van der Waals surface area contributed by atoms with Gasteiger partial charge >= 0.3 is 11.9 Å². The first-order valence-corrected chi connectivity index (χ1v) is 4.07. The van der Waals surface area contributed by atoms with Crippen molar-refractivity contribution >= 4 is 11.9 Å². The van der Waals surface area contributed by atoms with E-state index < -0.39 is 11.9 Å². The molecule has 0 aliphatic heterocycles. The normalized spacial score (nSPS) is 9.50. The summed E-state index contributed by atoms with van der Waals surface area (Å²) in [4.78, 5) is 21.1. The Kier molecular flexibility index (Phi) is 3.23. The summed E-state index contributed by atoms with van der Waals surface area (Å²) in [5.74, 6) is -1.10. The Balaban J connectivity index is 2.90. The van der Waals surface area contributed by atoms with E-state index in [0.29, 0.717) is 11.3 Å². The van der Waals surface area contributed by atoms with E-state index in [1.54, 1.807) is 24.3 Å². The zero-order valence-corrected chi connectivity index (χ0v) is 7.69. The van der Waals surface area contributed by atoms with Crippen LogP contribution in [0.2, 0.25) is 0 Å². The number of hydrogen-bond acceptors (Lipinski definition) is 3. The van der Waals surface area contributed by atoms with Crippen LogP contribution in [0.4, 0.5) is 0 Å². The molecule has 0 fully saturated rings. The topological polar surface area (TPSA) is 63.6 Å². The van der Waals surface area contributed by atoms with Gasteiger partial charge in [-0.25, -0.2) is 0 Å². The average molecular weight is 194 g/mol. The quantitative estimate of drug-likeness (QED) is 0.580. The van der Waals surface area contributed by atoms with E-state index in [0.717, 1.165) is 0 Å². The molecule has 74 valence electrons. The number of ether oxygens (including phenoxy) is 1. The molecule has 0 amide bonds. The van der Waals surface area contributed by atoms with Gasteiger partial charge in [-0.1, -0.05) is 18.2 Å². The minimum atomic E-state index is -0.954. The number of esters is 1. The molecule has 14 heavy (non-hydrogen) atoms. The molecule has 0 heterocycles. The van der Waals surface area contributed by atoms with E-state index in [2.05, 4.69) is 0 Å². The Morgan fingerprint density at radius 2 is 2.00 bits per heavy atom. The summed E-state index contributed by atoms with van der Waals surface area (Å²) < 4.78 is 4.84. The first-order valence-electron chi connectivity index (χ1n) is 4.07. The summed E-state index contributed by atoms with van der Waals surface area (Å²) in [6.45, 7) is 1.28. The molecule has 0 saturated heterocycles. The van der Waals surface area contributed by atoms with Crippen molar-refractivity contribution < 1.29 is 19.4 Å². The molecule has 4 heteroatoms. The van der Waals surface area contributed by atoms with Crippen LogP contribution in [0.1, 0.15) is 12.5 Å². The highest BCUT2D eigenvalue weighted by atomic mass is 16.5. The minimum absolute atomic E-state index is 0.149. The second-order valence-electron chi connectivity index (χ2n) is 2.77. The second-order valence-corrected chi connectivity index (χ2v) is 2.77. The van der Waals surface area contributed by atoms with Crippen molar-refractivity contribution in [2.75, 3.05) is 0 Å². The molecule has 1 N–H and O–H groups in total. The van der Waals surface area contributed by atoms with Gasteiger partial charge in [-0.2, -0.15) is 0 Å². The molecule has 0 saturated carbocycles. The van der Waals surface area contributed by atoms with Gasteiger partial charge in [-0.15, -0.1) is 0 Å². The summed E-state index contributed by atoms with van der Waals surface area (Å²) in [5, 5.41) is 8.58. The fraction of sp³-hybridized carbons (Fsp3) is 0.200. The van der Waals surface area contributed by atoms with Crippen LogP contribution in [0.3, 0.4) is 0 Å². The Morgan fingerprint density at radius 1 is 1.36 bits per heavy atom. The van der Waals surface area contributed by atoms with Gasteiger partial charge < -0.3 is 9.84 Å². The van der Waals surface area contributed by atoms with Gasteiger partial charge in [-0.3, -0.25) is 9.59 Å². The molecular weight excluding hydrogens is 184 g/mol. The molecule has 0 aromatic heterocycles. The summed E-state index contributed by atoms with van der Waals surface area (Å²) in [6, 6.07) is 6.57. The van der Waals surface area contributed by atoms with Crippen LogP contribution in [0.5, 0.6) is 5.75 Å². The summed E-state index contributed by atoms with van der Waals surface area (Å²) >= 11 is 0. The number of carboxylic acid groups (broad SMARTS) is 1. The Labute approximate surface area is 81.1 Å². The standard InChI is InChI=1S/C10H10O4/c1-7(11)14-9-5-3-2-4-8(9)6-10(12)13/h2-5H,6H2,1H3,(H,12,13).